The van der Waals surface area contributed by atoms with Crippen molar-refractivity contribution in [2.75, 3.05) is 14.2 Å². The molecular weight excluding hydrogens is 320 g/mol. The SMILES string of the molecule is COc1cc(C(=O)c2cc(Br)ccc2OC)ccc1C. The molecule has 0 saturated heterocycles. The third-order valence-electron chi connectivity index (χ3n) is 3.08. The first-order valence-corrected chi connectivity index (χ1v) is 6.89. The van der Waals surface area contributed by atoms with Crippen LogP contribution in [0.1, 0.15) is 21.5 Å². The average molecular weight is 335 g/mol. The van der Waals surface area contributed by atoms with E-state index in [4.69, 9.17) is 9.47 Å². The van der Waals surface area contributed by atoms with Crippen molar-refractivity contribution >= 4 is 21.7 Å². The fourth-order valence-corrected chi connectivity index (χ4v) is 2.34. The fraction of sp³-hybridized carbons (Fsp3) is 0.188. The highest BCUT2D eigenvalue weighted by atomic mass is 79.9. The summed E-state index contributed by atoms with van der Waals surface area (Å²) >= 11 is 3.37. The monoisotopic (exact) mass is 334 g/mol. The summed E-state index contributed by atoms with van der Waals surface area (Å²) in [5.74, 6) is 1.16. The van der Waals surface area contributed by atoms with Crippen LogP contribution in [0.3, 0.4) is 0 Å². The predicted molar refractivity (Wildman–Crippen MR) is 81.9 cm³/mol. The summed E-state index contributed by atoms with van der Waals surface area (Å²) in [5.41, 5.74) is 2.09. The highest BCUT2D eigenvalue weighted by Crippen LogP contribution is 2.27. The van der Waals surface area contributed by atoms with Crippen molar-refractivity contribution in [3.05, 3.63) is 57.6 Å². The number of aryl methyl sites for hydroxylation is 1. The average Bonchev–Trinajstić information content (AvgIpc) is 2.47. The molecule has 0 aliphatic rings. The molecule has 0 bridgehead atoms. The van der Waals surface area contributed by atoms with E-state index in [0.717, 1.165) is 10.0 Å². The molecule has 0 radical (unpaired) electrons. The molecule has 3 nitrogen and oxygen atoms in total. The molecule has 2 aromatic carbocycles. The summed E-state index contributed by atoms with van der Waals surface area (Å²) < 4.78 is 11.3. The lowest BCUT2D eigenvalue weighted by Crippen LogP contribution is -2.05. The second-order valence-electron chi connectivity index (χ2n) is 4.36. The number of hydrogen-bond acceptors (Lipinski definition) is 3. The summed E-state index contributed by atoms with van der Waals surface area (Å²) in [4.78, 5) is 12.6. The highest BCUT2D eigenvalue weighted by molar-refractivity contribution is 9.10. The van der Waals surface area contributed by atoms with E-state index in [1.54, 1.807) is 38.5 Å². The van der Waals surface area contributed by atoms with Crippen molar-refractivity contribution in [2.45, 2.75) is 6.92 Å². The van der Waals surface area contributed by atoms with Crippen LogP contribution in [0.25, 0.3) is 0 Å². The van der Waals surface area contributed by atoms with Gasteiger partial charge in [-0.25, -0.2) is 0 Å². The van der Waals surface area contributed by atoms with Crippen molar-refractivity contribution in [1.29, 1.82) is 0 Å². The molecule has 0 saturated carbocycles. The molecule has 0 amide bonds. The third kappa shape index (κ3) is 2.85. The number of carbonyl (C=O) groups is 1. The molecule has 104 valence electrons. The maximum absolute atomic E-state index is 12.6. The van der Waals surface area contributed by atoms with Crippen molar-refractivity contribution in [3.8, 4) is 11.5 Å². The maximum atomic E-state index is 12.6. The van der Waals surface area contributed by atoms with E-state index in [-0.39, 0.29) is 5.78 Å². The number of ketones is 1. The summed E-state index contributed by atoms with van der Waals surface area (Å²) in [7, 11) is 3.14. The quantitative estimate of drug-likeness (QED) is 0.792. The largest absolute Gasteiger partial charge is 0.496 e. The highest BCUT2D eigenvalue weighted by Gasteiger charge is 2.16. The second-order valence-corrected chi connectivity index (χ2v) is 5.27. The lowest BCUT2D eigenvalue weighted by molar-refractivity contribution is 0.103. The molecule has 0 aliphatic carbocycles. The van der Waals surface area contributed by atoms with Gasteiger partial charge in [0.25, 0.3) is 0 Å². The minimum Gasteiger partial charge on any atom is -0.496 e. The summed E-state index contributed by atoms with van der Waals surface area (Å²) in [6.45, 7) is 1.94. The molecule has 0 atom stereocenters. The number of hydrogen-bond donors (Lipinski definition) is 0. The number of rotatable bonds is 4. The van der Waals surface area contributed by atoms with Crippen molar-refractivity contribution < 1.29 is 14.3 Å². The molecule has 2 aromatic rings. The van der Waals surface area contributed by atoms with Gasteiger partial charge in [-0.3, -0.25) is 4.79 Å². The van der Waals surface area contributed by atoms with Crippen LogP contribution in [0.15, 0.2) is 40.9 Å². The molecule has 20 heavy (non-hydrogen) atoms. The first kappa shape index (κ1) is 14.6. The Morgan fingerprint density at radius 3 is 2.35 bits per heavy atom. The Hall–Kier alpha value is -1.81. The maximum Gasteiger partial charge on any atom is 0.196 e. The molecule has 2 rings (SSSR count). The number of halogens is 1. The predicted octanol–water partition coefficient (Wildman–Crippen LogP) is 4.01. The van der Waals surface area contributed by atoms with Gasteiger partial charge < -0.3 is 9.47 Å². The summed E-state index contributed by atoms with van der Waals surface area (Å²) in [5, 5.41) is 0. The van der Waals surface area contributed by atoms with Gasteiger partial charge in [0, 0.05) is 10.0 Å². The Balaban J connectivity index is 2.48. The normalized spacial score (nSPS) is 10.2. The van der Waals surface area contributed by atoms with Gasteiger partial charge in [0.05, 0.1) is 19.8 Å². The molecule has 4 heteroatoms. The van der Waals surface area contributed by atoms with Gasteiger partial charge in [0.15, 0.2) is 5.78 Å². The van der Waals surface area contributed by atoms with Crippen LogP contribution in [-0.4, -0.2) is 20.0 Å². The topological polar surface area (TPSA) is 35.5 Å². The smallest absolute Gasteiger partial charge is 0.196 e. The van der Waals surface area contributed by atoms with Gasteiger partial charge >= 0.3 is 0 Å². The first-order chi connectivity index (χ1) is 9.56. The number of methoxy groups -OCH3 is 2. The van der Waals surface area contributed by atoms with E-state index in [1.165, 1.54) is 0 Å². The standard InChI is InChI=1S/C16H15BrO3/c1-10-4-5-11(8-15(10)20-3)16(18)13-9-12(17)6-7-14(13)19-2/h4-9H,1-3H3. The Morgan fingerprint density at radius 1 is 1.00 bits per heavy atom. The van der Waals surface area contributed by atoms with Gasteiger partial charge in [-0.1, -0.05) is 28.1 Å². The minimum atomic E-state index is -0.0959. The number of ether oxygens (including phenoxy) is 2. The van der Waals surface area contributed by atoms with E-state index in [2.05, 4.69) is 15.9 Å². The van der Waals surface area contributed by atoms with Gasteiger partial charge in [0.2, 0.25) is 0 Å². The Morgan fingerprint density at radius 2 is 1.70 bits per heavy atom. The lowest BCUT2D eigenvalue weighted by atomic mass is 10.0. The van der Waals surface area contributed by atoms with E-state index in [0.29, 0.717) is 22.6 Å². The van der Waals surface area contributed by atoms with Crippen LogP contribution in [0.2, 0.25) is 0 Å². The second kappa shape index (κ2) is 6.09. The number of carbonyl (C=O) groups excluding carboxylic acids is 1. The minimum absolute atomic E-state index is 0.0959. The molecule has 0 spiro atoms. The zero-order chi connectivity index (χ0) is 14.7. The number of benzene rings is 2. The molecule has 0 unspecified atom stereocenters. The molecular formula is C16H15BrO3. The van der Waals surface area contributed by atoms with Crippen LogP contribution in [0, 0.1) is 6.92 Å². The Kier molecular flexibility index (Phi) is 4.45. The van der Waals surface area contributed by atoms with Crippen molar-refractivity contribution in [3.63, 3.8) is 0 Å². The zero-order valence-electron chi connectivity index (χ0n) is 11.6. The molecule has 0 N–H and O–H groups in total. The van der Waals surface area contributed by atoms with Crippen LogP contribution in [0.5, 0.6) is 11.5 Å². The first-order valence-electron chi connectivity index (χ1n) is 6.09. The van der Waals surface area contributed by atoms with Gasteiger partial charge in [-0.05, 0) is 36.8 Å². The Labute approximate surface area is 126 Å². The van der Waals surface area contributed by atoms with E-state index in [9.17, 15) is 4.79 Å². The van der Waals surface area contributed by atoms with E-state index in [1.807, 2.05) is 19.1 Å². The molecule has 0 heterocycles. The van der Waals surface area contributed by atoms with Crippen LogP contribution in [-0.2, 0) is 0 Å². The molecule has 0 fully saturated rings. The third-order valence-corrected chi connectivity index (χ3v) is 3.57. The van der Waals surface area contributed by atoms with E-state index < -0.39 is 0 Å². The van der Waals surface area contributed by atoms with Gasteiger partial charge in [0.1, 0.15) is 11.5 Å². The van der Waals surface area contributed by atoms with E-state index >= 15 is 0 Å². The van der Waals surface area contributed by atoms with Gasteiger partial charge in [-0.15, -0.1) is 0 Å². The summed E-state index contributed by atoms with van der Waals surface area (Å²) in [6.07, 6.45) is 0. The van der Waals surface area contributed by atoms with Gasteiger partial charge in [-0.2, -0.15) is 0 Å². The van der Waals surface area contributed by atoms with Crippen molar-refractivity contribution in [2.24, 2.45) is 0 Å². The van der Waals surface area contributed by atoms with Crippen LogP contribution in [0.4, 0.5) is 0 Å². The lowest BCUT2D eigenvalue weighted by Gasteiger charge is -2.10. The fourth-order valence-electron chi connectivity index (χ4n) is 1.97. The van der Waals surface area contributed by atoms with Crippen LogP contribution < -0.4 is 9.47 Å². The zero-order valence-corrected chi connectivity index (χ0v) is 13.2. The Bertz CT molecular complexity index is 650. The van der Waals surface area contributed by atoms with Crippen LogP contribution >= 0.6 is 15.9 Å². The molecule has 0 aromatic heterocycles. The molecule has 0 aliphatic heterocycles. The van der Waals surface area contributed by atoms with Crippen molar-refractivity contribution in [1.82, 2.24) is 0 Å². The summed E-state index contributed by atoms with van der Waals surface area (Å²) in [6, 6.07) is 10.8.